The first-order valence-electron chi connectivity index (χ1n) is 9.51. The van der Waals surface area contributed by atoms with Crippen LogP contribution in [0.4, 0.5) is 10.5 Å². The van der Waals surface area contributed by atoms with E-state index in [2.05, 4.69) is 16.0 Å². The Morgan fingerprint density at radius 3 is 2.43 bits per heavy atom. The molecule has 8 nitrogen and oxygen atoms in total. The predicted octanol–water partition coefficient (Wildman–Crippen LogP) is 2.90. The zero-order valence-electron chi connectivity index (χ0n) is 16.7. The van der Waals surface area contributed by atoms with E-state index in [1.165, 1.54) is 0 Å². The van der Waals surface area contributed by atoms with Gasteiger partial charge in [0.25, 0.3) is 5.91 Å². The molecular weight excluding hydrogens is 386 g/mol. The second-order valence-corrected chi connectivity index (χ2v) is 6.56. The number of nitrogens with one attached hydrogen (secondary N) is 3. The summed E-state index contributed by atoms with van der Waals surface area (Å²) in [5, 5.41) is 8.07. The maximum atomic E-state index is 12.4. The molecule has 0 saturated heterocycles. The summed E-state index contributed by atoms with van der Waals surface area (Å²) in [6, 6.07) is 14.9. The van der Waals surface area contributed by atoms with Crippen LogP contribution in [-0.4, -0.2) is 31.1 Å². The molecule has 1 aliphatic heterocycles. The van der Waals surface area contributed by atoms with E-state index in [1.807, 2.05) is 18.2 Å². The fourth-order valence-electron chi connectivity index (χ4n) is 3.05. The van der Waals surface area contributed by atoms with Gasteiger partial charge in [-0.05, 0) is 43.7 Å². The van der Waals surface area contributed by atoms with Crippen molar-refractivity contribution < 1.29 is 23.9 Å². The van der Waals surface area contributed by atoms with Gasteiger partial charge >= 0.3 is 12.0 Å². The Kier molecular flexibility index (Phi) is 6.69. The lowest BCUT2D eigenvalue weighted by atomic mass is 9.95. The van der Waals surface area contributed by atoms with Crippen molar-refractivity contribution in [2.24, 2.45) is 0 Å². The number of carbonyl (C=O) groups excluding carboxylic acids is 3. The Bertz CT molecular complexity index is 954. The van der Waals surface area contributed by atoms with Gasteiger partial charge in [-0.2, -0.15) is 0 Å². The van der Waals surface area contributed by atoms with Gasteiger partial charge in [0.15, 0.2) is 6.61 Å². The standard InChI is InChI=1S/C22H23N3O5/c1-3-29-21(27)19-14(2)23-22(28)25-20(19)15-9-11-17(12-10-15)30-13-18(26)24-16-7-5-4-6-8-16/h4-12,20H,3,13H2,1-2H3,(H,24,26)(H2,23,25,28). The summed E-state index contributed by atoms with van der Waals surface area (Å²) in [7, 11) is 0. The van der Waals surface area contributed by atoms with Gasteiger partial charge in [-0.3, -0.25) is 4.79 Å². The molecule has 0 radical (unpaired) electrons. The van der Waals surface area contributed by atoms with E-state index in [0.717, 1.165) is 0 Å². The Morgan fingerprint density at radius 1 is 1.07 bits per heavy atom. The number of urea groups is 1. The van der Waals surface area contributed by atoms with Crippen molar-refractivity contribution in [3.63, 3.8) is 0 Å². The number of allylic oxidation sites excluding steroid dienone is 1. The molecule has 0 aliphatic carbocycles. The number of hydrogen-bond acceptors (Lipinski definition) is 5. The van der Waals surface area contributed by atoms with Crippen LogP contribution in [0.3, 0.4) is 0 Å². The minimum Gasteiger partial charge on any atom is -0.484 e. The van der Waals surface area contributed by atoms with E-state index < -0.39 is 18.0 Å². The van der Waals surface area contributed by atoms with E-state index in [0.29, 0.717) is 28.3 Å². The SMILES string of the molecule is CCOC(=O)C1=C(C)NC(=O)NC1c1ccc(OCC(=O)Nc2ccccc2)cc1. The number of ether oxygens (including phenoxy) is 2. The molecule has 0 bridgehead atoms. The number of carbonyl (C=O) groups is 3. The van der Waals surface area contributed by atoms with E-state index in [4.69, 9.17) is 9.47 Å². The van der Waals surface area contributed by atoms with Crippen molar-refractivity contribution in [2.75, 3.05) is 18.5 Å². The molecule has 3 rings (SSSR count). The molecule has 1 atom stereocenters. The Balaban J connectivity index is 1.66. The average Bonchev–Trinajstić information content (AvgIpc) is 2.73. The van der Waals surface area contributed by atoms with Crippen LogP contribution in [0, 0.1) is 0 Å². The van der Waals surface area contributed by atoms with Crippen LogP contribution in [0.5, 0.6) is 5.75 Å². The van der Waals surface area contributed by atoms with Gasteiger partial charge in [0, 0.05) is 11.4 Å². The second kappa shape index (κ2) is 9.60. The summed E-state index contributed by atoms with van der Waals surface area (Å²) in [5.41, 5.74) is 2.16. The Hall–Kier alpha value is -3.81. The van der Waals surface area contributed by atoms with Gasteiger partial charge in [-0.1, -0.05) is 30.3 Å². The van der Waals surface area contributed by atoms with E-state index in [-0.39, 0.29) is 19.1 Å². The molecule has 0 saturated carbocycles. The van der Waals surface area contributed by atoms with Gasteiger partial charge < -0.3 is 25.4 Å². The Morgan fingerprint density at radius 2 is 1.77 bits per heavy atom. The average molecular weight is 409 g/mol. The third kappa shape index (κ3) is 5.16. The van der Waals surface area contributed by atoms with E-state index in [9.17, 15) is 14.4 Å². The highest BCUT2D eigenvalue weighted by atomic mass is 16.5. The zero-order chi connectivity index (χ0) is 21.5. The predicted molar refractivity (Wildman–Crippen MR) is 111 cm³/mol. The first-order valence-corrected chi connectivity index (χ1v) is 9.51. The van der Waals surface area contributed by atoms with Crippen LogP contribution >= 0.6 is 0 Å². The van der Waals surface area contributed by atoms with Crippen LogP contribution in [0.15, 0.2) is 65.9 Å². The van der Waals surface area contributed by atoms with Crippen molar-refractivity contribution >= 4 is 23.6 Å². The lowest BCUT2D eigenvalue weighted by Gasteiger charge is -2.28. The second-order valence-electron chi connectivity index (χ2n) is 6.56. The van der Waals surface area contributed by atoms with Crippen LogP contribution in [0.1, 0.15) is 25.5 Å². The quantitative estimate of drug-likeness (QED) is 0.610. The molecule has 0 spiro atoms. The van der Waals surface area contributed by atoms with Crippen molar-refractivity contribution in [3.8, 4) is 5.75 Å². The first kappa shape index (κ1) is 20.9. The van der Waals surface area contributed by atoms with E-state index in [1.54, 1.807) is 50.2 Å². The lowest BCUT2D eigenvalue weighted by Crippen LogP contribution is -2.45. The first-order chi connectivity index (χ1) is 14.5. The number of para-hydroxylation sites is 1. The van der Waals surface area contributed by atoms with Crippen LogP contribution in [-0.2, 0) is 14.3 Å². The molecule has 1 heterocycles. The topological polar surface area (TPSA) is 106 Å². The summed E-state index contributed by atoms with van der Waals surface area (Å²) in [4.78, 5) is 36.3. The van der Waals surface area contributed by atoms with Gasteiger partial charge in [0.2, 0.25) is 0 Å². The fraction of sp³-hybridized carbons (Fsp3) is 0.227. The number of benzene rings is 2. The zero-order valence-corrected chi connectivity index (χ0v) is 16.7. The largest absolute Gasteiger partial charge is 0.484 e. The molecule has 156 valence electrons. The molecule has 2 aromatic rings. The van der Waals surface area contributed by atoms with Gasteiger partial charge in [-0.25, -0.2) is 9.59 Å². The van der Waals surface area contributed by atoms with Gasteiger partial charge in [-0.15, -0.1) is 0 Å². The number of amides is 3. The smallest absolute Gasteiger partial charge is 0.338 e. The molecule has 1 aliphatic rings. The van der Waals surface area contributed by atoms with Crippen LogP contribution in [0.25, 0.3) is 0 Å². The highest BCUT2D eigenvalue weighted by Crippen LogP contribution is 2.28. The maximum absolute atomic E-state index is 12.4. The van der Waals surface area contributed by atoms with Gasteiger partial charge in [0.1, 0.15) is 5.75 Å². The molecule has 8 heteroatoms. The molecule has 30 heavy (non-hydrogen) atoms. The van der Waals surface area contributed by atoms with Gasteiger partial charge in [0.05, 0.1) is 18.2 Å². The summed E-state index contributed by atoms with van der Waals surface area (Å²) in [6.45, 7) is 3.46. The van der Waals surface area contributed by atoms with Crippen molar-refractivity contribution in [1.29, 1.82) is 0 Å². The molecule has 3 N–H and O–H groups in total. The van der Waals surface area contributed by atoms with Crippen LogP contribution in [0.2, 0.25) is 0 Å². The molecule has 1 unspecified atom stereocenters. The third-order valence-corrected chi connectivity index (χ3v) is 4.41. The molecule has 0 fully saturated rings. The number of esters is 1. The minimum absolute atomic E-state index is 0.147. The Labute approximate surface area is 174 Å². The molecule has 2 aromatic carbocycles. The van der Waals surface area contributed by atoms with Crippen LogP contribution < -0.4 is 20.7 Å². The summed E-state index contributed by atoms with van der Waals surface area (Å²) >= 11 is 0. The fourth-order valence-corrected chi connectivity index (χ4v) is 3.05. The van der Waals surface area contributed by atoms with E-state index >= 15 is 0 Å². The summed E-state index contributed by atoms with van der Waals surface area (Å²) < 4.78 is 10.6. The highest BCUT2D eigenvalue weighted by Gasteiger charge is 2.32. The number of rotatable bonds is 7. The number of anilines is 1. The maximum Gasteiger partial charge on any atom is 0.338 e. The van der Waals surface area contributed by atoms with Crippen molar-refractivity contribution in [1.82, 2.24) is 10.6 Å². The monoisotopic (exact) mass is 409 g/mol. The summed E-state index contributed by atoms with van der Waals surface area (Å²) in [6.07, 6.45) is 0. The third-order valence-electron chi connectivity index (χ3n) is 4.41. The van der Waals surface area contributed by atoms with Crippen molar-refractivity contribution in [3.05, 3.63) is 71.4 Å². The molecular formula is C22H23N3O5. The minimum atomic E-state index is -0.645. The number of hydrogen-bond donors (Lipinski definition) is 3. The summed E-state index contributed by atoms with van der Waals surface area (Å²) in [5.74, 6) is -0.287. The normalized spacial score (nSPS) is 15.7. The highest BCUT2D eigenvalue weighted by molar-refractivity contribution is 5.95. The molecule has 0 aromatic heterocycles. The molecule has 3 amide bonds. The lowest BCUT2D eigenvalue weighted by molar-refractivity contribution is -0.139. The van der Waals surface area contributed by atoms with Crippen molar-refractivity contribution in [2.45, 2.75) is 19.9 Å².